The number of rotatable bonds is 4. The van der Waals surface area contributed by atoms with E-state index in [0.29, 0.717) is 12.2 Å². The molecule has 1 aromatic heterocycles. The van der Waals surface area contributed by atoms with Crippen LogP contribution in [0.5, 0.6) is 0 Å². The Labute approximate surface area is 102 Å². The highest BCUT2D eigenvalue weighted by Crippen LogP contribution is 2.29. The minimum atomic E-state index is -0.600. The summed E-state index contributed by atoms with van der Waals surface area (Å²) in [5.41, 5.74) is 0.377. The van der Waals surface area contributed by atoms with Gasteiger partial charge < -0.3 is 9.73 Å². The van der Waals surface area contributed by atoms with Crippen LogP contribution in [0.2, 0.25) is 0 Å². The van der Waals surface area contributed by atoms with Crippen LogP contribution in [0.25, 0.3) is 11.5 Å². The number of benzene rings is 1. The molecule has 0 spiro atoms. The van der Waals surface area contributed by atoms with E-state index in [9.17, 15) is 14.5 Å². The summed E-state index contributed by atoms with van der Waals surface area (Å²) in [6.07, 6.45) is 1.38. The Kier molecular flexibility index (Phi) is 3.33. The Morgan fingerprint density at radius 3 is 3.00 bits per heavy atom. The van der Waals surface area contributed by atoms with Crippen LogP contribution in [0.3, 0.4) is 0 Å². The molecule has 0 aliphatic heterocycles. The molecule has 0 bridgehead atoms. The van der Waals surface area contributed by atoms with E-state index < -0.39 is 10.7 Å². The van der Waals surface area contributed by atoms with Gasteiger partial charge in [0.2, 0.25) is 5.89 Å². The monoisotopic (exact) mass is 251 g/mol. The van der Waals surface area contributed by atoms with Gasteiger partial charge in [0.05, 0.1) is 10.6 Å². The molecule has 0 unspecified atom stereocenters. The molecule has 1 N–H and O–H groups in total. The number of hydrogen-bond acceptors (Lipinski definition) is 5. The second kappa shape index (κ2) is 4.92. The smallest absolute Gasteiger partial charge is 0.282 e. The van der Waals surface area contributed by atoms with Gasteiger partial charge in [-0.05, 0) is 19.2 Å². The van der Waals surface area contributed by atoms with Crippen LogP contribution in [0.15, 0.2) is 28.9 Å². The van der Waals surface area contributed by atoms with Crippen molar-refractivity contribution in [2.24, 2.45) is 0 Å². The maximum atomic E-state index is 13.1. The summed E-state index contributed by atoms with van der Waals surface area (Å²) in [4.78, 5) is 14.3. The van der Waals surface area contributed by atoms with Crippen molar-refractivity contribution in [2.45, 2.75) is 6.54 Å². The fraction of sp³-hybridized carbons (Fsp3) is 0.182. The highest BCUT2D eigenvalue weighted by atomic mass is 19.1. The summed E-state index contributed by atoms with van der Waals surface area (Å²) in [6, 6.07) is 3.15. The van der Waals surface area contributed by atoms with Crippen molar-refractivity contribution in [1.29, 1.82) is 0 Å². The fourth-order valence-electron chi connectivity index (χ4n) is 1.53. The van der Waals surface area contributed by atoms with Gasteiger partial charge in [0.1, 0.15) is 17.6 Å². The molecule has 0 radical (unpaired) electrons. The van der Waals surface area contributed by atoms with E-state index >= 15 is 0 Å². The summed E-state index contributed by atoms with van der Waals surface area (Å²) >= 11 is 0. The molecule has 18 heavy (non-hydrogen) atoms. The Morgan fingerprint density at radius 1 is 1.56 bits per heavy atom. The average molecular weight is 251 g/mol. The molecule has 2 rings (SSSR count). The third-order valence-corrected chi connectivity index (χ3v) is 2.30. The Bertz CT molecular complexity index is 583. The number of oxazole rings is 1. The highest BCUT2D eigenvalue weighted by molar-refractivity contribution is 5.66. The Balaban J connectivity index is 2.47. The van der Waals surface area contributed by atoms with E-state index in [1.165, 1.54) is 6.26 Å². The summed E-state index contributed by atoms with van der Waals surface area (Å²) in [5, 5.41) is 13.7. The molecule has 1 aromatic carbocycles. The molecule has 0 saturated carbocycles. The molecule has 0 saturated heterocycles. The molecule has 0 atom stereocenters. The predicted molar refractivity (Wildman–Crippen MR) is 61.3 cm³/mol. The number of halogens is 1. The van der Waals surface area contributed by atoms with Crippen molar-refractivity contribution in [3.63, 3.8) is 0 Å². The topological polar surface area (TPSA) is 81.2 Å². The summed E-state index contributed by atoms with van der Waals surface area (Å²) < 4.78 is 18.3. The molecular formula is C11H10FN3O3. The van der Waals surface area contributed by atoms with Crippen molar-refractivity contribution in [3.05, 3.63) is 46.1 Å². The van der Waals surface area contributed by atoms with E-state index in [1.54, 1.807) is 7.05 Å². The molecule has 0 aliphatic rings. The van der Waals surface area contributed by atoms with Crippen molar-refractivity contribution >= 4 is 5.69 Å². The molecule has 7 heteroatoms. The van der Waals surface area contributed by atoms with Gasteiger partial charge in [0.25, 0.3) is 5.69 Å². The molecule has 0 fully saturated rings. The van der Waals surface area contributed by atoms with Crippen LogP contribution in [0.4, 0.5) is 10.1 Å². The lowest BCUT2D eigenvalue weighted by atomic mass is 10.2. The van der Waals surface area contributed by atoms with Crippen LogP contribution >= 0.6 is 0 Å². The van der Waals surface area contributed by atoms with E-state index in [0.717, 1.165) is 18.2 Å². The molecule has 0 aliphatic carbocycles. The Hall–Kier alpha value is -2.28. The minimum Gasteiger partial charge on any atom is -0.444 e. The molecule has 1 heterocycles. The van der Waals surface area contributed by atoms with Crippen molar-refractivity contribution in [2.75, 3.05) is 7.05 Å². The largest absolute Gasteiger partial charge is 0.444 e. The average Bonchev–Trinajstić information content (AvgIpc) is 2.77. The standard InChI is InChI=1S/C11H10FN3O3/c1-13-5-8-6-18-11(14-8)9-4-7(12)2-3-10(9)15(16)17/h2-4,6,13H,5H2,1H3. The van der Waals surface area contributed by atoms with E-state index in [4.69, 9.17) is 4.42 Å². The zero-order valence-electron chi connectivity index (χ0n) is 9.51. The maximum Gasteiger partial charge on any atom is 0.282 e. The third-order valence-electron chi connectivity index (χ3n) is 2.30. The lowest BCUT2D eigenvalue weighted by Gasteiger charge is -1.98. The highest BCUT2D eigenvalue weighted by Gasteiger charge is 2.20. The quantitative estimate of drug-likeness (QED) is 0.664. The molecule has 2 aromatic rings. The summed E-state index contributed by atoms with van der Waals surface area (Å²) in [6.45, 7) is 0.465. The van der Waals surface area contributed by atoms with Gasteiger partial charge in [-0.1, -0.05) is 0 Å². The lowest BCUT2D eigenvalue weighted by Crippen LogP contribution is -2.05. The van der Waals surface area contributed by atoms with Crippen molar-refractivity contribution in [3.8, 4) is 11.5 Å². The van der Waals surface area contributed by atoms with Gasteiger partial charge in [-0.2, -0.15) is 0 Å². The van der Waals surface area contributed by atoms with Crippen LogP contribution < -0.4 is 5.32 Å². The SMILES string of the molecule is CNCc1coc(-c2cc(F)ccc2[N+](=O)[O-])n1. The fourth-order valence-corrected chi connectivity index (χ4v) is 1.53. The molecule has 94 valence electrons. The minimum absolute atomic E-state index is 0.0300. The number of aromatic nitrogens is 1. The second-order valence-corrected chi connectivity index (χ2v) is 3.59. The normalized spacial score (nSPS) is 10.6. The molecule has 6 nitrogen and oxygen atoms in total. The van der Waals surface area contributed by atoms with Crippen LogP contribution in [0.1, 0.15) is 5.69 Å². The van der Waals surface area contributed by atoms with Gasteiger partial charge in [0, 0.05) is 12.6 Å². The van der Waals surface area contributed by atoms with Crippen LogP contribution in [-0.2, 0) is 6.54 Å². The first-order valence-electron chi connectivity index (χ1n) is 5.15. The number of hydrogen-bond donors (Lipinski definition) is 1. The molecular weight excluding hydrogens is 241 g/mol. The van der Waals surface area contributed by atoms with Gasteiger partial charge >= 0.3 is 0 Å². The first kappa shape index (κ1) is 12.2. The van der Waals surface area contributed by atoms with E-state index in [1.807, 2.05) is 0 Å². The maximum absolute atomic E-state index is 13.1. The van der Waals surface area contributed by atoms with Crippen LogP contribution in [0, 0.1) is 15.9 Å². The number of nitrogens with zero attached hydrogens (tertiary/aromatic N) is 2. The van der Waals surface area contributed by atoms with Gasteiger partial charge in [-0.15, -0.1) is 0 Å². The van der Waals surface area contributed by atoms with Crippen molar-refractivity contribution < 1.29 is 13.7 Å². The number of nitro benzene ring substituents is 1. The van der Waals surface area contributed by atoms with Crippen LogP contribution in [-0.4, -0.2) is 17.0 Å². The summed E-state index contributed by atoms with van der Waals surface area (Å²) in [7, 11) is 1.74. The van der Waals surface area contributed by atoms with Gasteiger partial charge in [-0.3, -0.25) is 10.1 Å². The Morgan fingerprint density at radius 2 is 2.33 bits per heavy atom. The first-order valence-corrected chi connectivity index (χ1v) is 5.15. The second-order valence-electron chi connectivity index (χ2n) is 3.59. The molecule has 0 amide bonds. The predicted octanol–water partition coefficient (Wildman–Crippen LogP) is 2.11. The zero-order chi connectivity index (χ0) is 13.1. The van der Waals surface area contributed by atoms with E-state index in [-0.39, 0.29) is 17.1 Å². The van der Waals surface area contributed by atoms with E-state index in [2.05, 4.69) is 10.3 Å². The zero-order valence-corrected chi connectivity index (χ0v) is 9.51. The van der Waals surface area contributed by atoms with Gasteiger partial charge in [0.15, 0.2) is 0 Å². The van der Waals surface area contributed by atoms with Gasteiger partial charge in [-0.25, -0.2) is 9.37 Å². The number of nitrogens with one attached hydrogen (secondary N) is 1. The summed E-state index contributed by atoms with van der Waals surface area (Å²) in [5.74, 6) is -0.546. The first-order chi connectivity index (χ1) is 8.61. The number of nitro groups is 1. The van der Waals surface area contributed by atoms with Crippen molar-refractivity contribution in [1.82, 2.24) is 10.3 Å². The lowest BCUT2D eigenvalue weighted by molar-refractivity contribution is -0.384. The third kappa shape index (κ3) is 2.35.